The Hall–Kier alpha value is -2.76. The summed E-state index contributed by atoms with van der Waals surface area (Å²) in [6.07, 6.45) is 2.30. The second kappa shape index (κ2) is 5.40. The number of hydrogen-bond acceptors (Lipinski definition) is 3. The average molecular weight is 325 g/mol. The number of ether oxygens (including phenoxy) is 1. The van der Waals surface area contributed by atoms with Gasteiger partial charge in [0.2, 0.25) is 5.91 Å². The fourth-order valence-electron chi connectivity index (χ4n) is 3.42. The number of hydrogen-bond donors (Lipinski definition) is 2. The zero-order chi connectivity index (χ0) is 16.8. The van der Waals surface area contributed by atoms with Crippen molar-refractivity contribution in [2.75, 3.05) is 11.9 Å². The zero-order valence-electron chi connectivity index (χ0n) is 13.6. The number of H-pyrrole nitrogens is 1. The maximum Gasteiger partial charge on any atom is 0.270 e. The lowest BCUT2D eigenvalue weighted by atomic mass is 9.85. The van der Waals surface area contributed by atoms with Gasteiger partial charge >= 0.3 is 0 Å². The van der Waals surface area contributed by atoms with Crippen molar-refractivity contribution in [1.29, 1.82) is 0 Å². The molecule has 2 aliphatic heterocycles. The summed E-state index contributed by atoms with van der Waals surface area (Å²) in [5.41, 5.74) is 2.41. The van der Waals surface area contributed by atoms with Gasteiger partial charge in [-0.1, -0.05) is 18.2 Å². The van der Waals surface area contributed by atoms with Crippen LogP contribution in [-0.4, -0.2) is 22.3 Å². The summed E-state index contributed by atoms with van der Waals surface area (Å²) < 4.78 is 7.54. The molecule has 3 heterocycles. The van der Waals surface area contributed by atoms with Gasteiger partial charge in [0.05, 0.1) is 5.56 Å². The van der Waals surface area contributed by atoms with Crippen molar-refractivity contribution >= 4 is 17.8 Å². The summed E-state index contributed by atoms with van der Waals surface area (Å²) in [6.45, 7) is 4.32. The first kappa shape index (κ1) is 14.8. The van der Waals surface area contributed by atoms with Crippen molar-refractivity contribution in [3.8, 4) is 5.75 Å². The van der Waals surface area contributed by atoms with Crippen LogP contribution in [-0.2, 0) is 4.79 Å². The van der Waals surface area contributed by atoms with E-state index in [1.807, 2.05) is 44.2 Å². The molecule has 0 spiro atoms. The molecule has 1 aromatic heterocycles. The Morgan fingerprint density at radius 1 is 1.25 bits per heavy atom. The number of benzene rings is 1. The van der Waals surface area contributed by atoms with Crippen LogP contribution in [0.15, 0.2) is 34.6 Å². The Morgan fingerprint density at radius 3 is 2.83 bits per heavy atom. The summed E-state index contributed by atoms with van der Waals surface area (Å²) in [5.74, 6) is 1.07. The number of aromatic nitrogens is 2. The summed E-state index contributed by atoms with van der Waals surface area (Å²) >= 11 is 0. The Labute approximate surface area is 139 Å². The van der Waals surface area contributed by atoms with Crippen LogP contribution in [0.1, 0.15) is 43.4 Å². The van der Waals surface area contributed by atoms with E-state index >= 15 is 0 Å². The van der Waals surface area contributed by atoms with E-state index < -0.39 is 0 Å². The third-order valence-electron chi connectivity index (χ3n) is 4.58. The van der Waals surface area contributed by atoms with Crippen molar-refractivity contribution in [3.05, 3.63) is 51.3 Å². The van der Waals surface area contributed by atoms with Crippen LogP contribution in [0.4, 0.5) is 5.82 Å². The van der Waals surface area contributed by atoms with Gasteiger partial charge in [-0.15, -0.1) is 0 Å². The summed E-state index contributed by atoms with van der Waals surface area (Å²) in [4.78, 5) is 24.7. The molecule has 0 aliphatic carbocycles. The number of amides is 1. The Balaban J connectivity index is 1.83. The van der Waals surface area contributed by atoms with Gasteiger partial charge in [0.25, 0.3) is 5.56 Å². The van der Waals surface area contributed by atoms with Gasteiger partial charge < -0.3 is 10.1 Å². The molecule has 4 rings (SSSR count). The quantitative estimate of drug-likeness (QED) is 0.891. The minimum atomic E-state index is -0.258. The second-order valence-electron chi connectivity index (χ2n) is 6.52. The van der Waals surface area contributed by atoms with E-state index in [4.69, 9.17) is 4.74 Å². The second-order valence-corrected chi connectivity index (χ2v) is 6.52. The van der Waals surface area contributed by atoms with Crippen LogP contribution in [0.25, 0.3) is 6.08 Å². The monoisotopic (exact) mass is 325 g/mol. The van der Waals surface area contributed by atoms with Gasteiger partial charge in [-0.2, -0.15) is 0 Å². The third-order valence-corrected chi connectivity index (χ3v) is 4.58. The molecule has 6 heteroatoms. The van der Waals surface area contributed by atoms with E-state index in [0.29, 0.717) is 18.0 Å². The molecule has 2 N–H and O–H groups in total. The van der Waals surface area contributed by atoms with E-state index in [0.717, 1.165) is 16.9 Å². The zero-order valence-corrected chi connectivity index (χ0v) is 13.6. The van der Waals surface area contributed by atoms with Crippen LogP contribution in [0.5, 0.6) is 5.75 Å². The highest BCUT2D eigenvalue weighted by atomic mass is 16.5. The molecule has 0 saturated heterocycles. The Kier molecular flexibility index (Phi) is 3.33. The smallest absolute Gasteiger partial charge is 0.270 e. The van der Waals surface area contributed by atoms with Gasteiger partial charge in [-0.05, 0) is 31.6 Å². The van der Waals surface area contributed by atoms with Crippen LogP contribution in [0, 0.1) is 0 Å². The molecule has 6 nitrogen and oxygen atoms in total. The number of para-hydroxylation sites is 1. The van der Waals surface area contributed by atoms with E-state index in [1.165, 1.54) is 0 Å². The molecular formula is C18H19N3O3. The summed E-state index contributed by atoms with van der Waals surface area (Å²) in [6, 6.07) is 7.82. The Bertz CT molecular complexity index is 904. The average Bonchev–Trinajstić information content (AvgIpc) is 2.90. The van der Waals surface area contributed by atoms with Crippen LogP contribution < -0.4 is 15.6 Å². The minimum Gasteiger partial charge on any atom is -0.489 e. The first-order valence-electron chi connectivity index (χ1n) is 8.11. The van der Waals surface area contributed by atoms with E-state index in [2.05, 4.69) is 10.4 Å². The van der Waals surface area contributed by atoms with Crippen LogP contribution in [0.2, 0.25) is 0 Å². The lowest BCUT2D eigenvalue weighted by Gasteiger charge is -2.28. The molecule has 0 bridgehead atoms. The maximum absolute atomic E-state index is 12.5. The maximum atomic E-state index is 12.5. The fraction of sp³-hybridized carbons (Fsp3) is 0.333. The number of carbonyl (C=O) groups is 1. The number of rotatable bonds is 2. The molecular weight excluding hydrogens is 306 g/mol. The molecule has 0 unspecified atom stereocenters. The van der Waals surface area contributed by atoms with Crippen molar-refractivity contribution < 1.29 is 9.53 Å². The molecule has 1 aromatic carbocycles. The molecule has 2 aliphatic rings. The van der Waals surface area contributed by atoms with Crippen molar-refractivity contribution in [3.63, 3.8) is 0 Å². The SMILES string of the molecule is CC(C)n1[nH]c(=O)c2c1NC(=O)C[C@H]2C1=Cc2ccccc2OC1. The number of nitrogens with one attached hydrogen (secondary N) is 2. The Morgan fingerprint density at radius 2 is 2.04 bits per heavy atom. The standard InChI is InChI=1S/C18H19N3O3/c1-10(2)21-17-16(18(23)20-21)13(8-15(22)19-17)12-7-11-5-3-4-6-14(11)24-9-12/h3-7,10,13H,8-9H2,1-2H3,(H,19,22)(H,20,23)/t13-/m0/s1. The molecule has 0 saturated carbocycles. The molecule has 2 aromatic rings. The number of nitrogens with zero attached hydrogens (tertiary/aromatic N) is 1. The van der Waals surface area contributed by atoms with E-state index in [-0.39, 0.29) is 29.8 Å². The van der Waals surface area contributed by atoms with Crippen molar-refractivity contribution in [1.82, 2.24) is 9.78 Å². The molecule has 124 valence electrons. The number of aromatic amines is 1. The molecule has 1 amide bonds. The van der Waals surface area contributed by atoms with Crippen molar-refractivity contribution in [2.24, 2.45) is 0 Å². The fourth-order valence-corrected chi connectivity index (χ4v) is 3.42. The van der Waals surface area contributed by atoms with Gasteiger partial charge in [0.15, 0.2) is 0 Å². The third kappa shape index (κ3) is 2.26. The van der Waals surface area contributed by atoms with Gasteiger partial charge in [-0.3, -0.25) is 19.4 Å². The molecule has 0 radical (unpaired) electrons. The first-order chi connectivity index (χ1) is 11.5. The summed E-state index contributed by atoms with van der Waals surface area (Å²) in [7, 11) is 0. The lowest BCUT2D eigenvalue weighted by Crippen LogP contribution is -2.29. The predicted octanol–water partition coefficient (Wildman–Crippen LogP) is 2.66. The molecule has 0 fully saturated rings. The molecule has 1 atom stereocenters. The lowest BCUT2D eigenvalue weighted by molar-refractivity contribution is -0.116. The highest BCUT2D eigenvalue weighted by Gasteiger charge is 2.35. The normalized spacial score (nSPS) is 19.2. The van der Waals surface area contributed by atoms with Gasteiger partial charge in [-0.25, -0.2) is 0 Å². The number of anilines is 1. The minimum absolute atomic E-state index is 0.0535. The predicted molar refractivity (Wildman–Crippen MR) is 91.3 cm³/mol. The van der Waals surface area contributed by atoms with Gasteiger partial charge in [0.1, 0.15) is 18.2 Å². The van der Waals surface area contributed by atoms with Crippen molar-refractivity contribution in [2.45, 2.75) is 32.2 Å². The van der Waals surface area contributed by atoms with E-state index in [9.17, 15) is 9.59 Å². The summed E-state index contributed by atoms with van der Waals surface area (Å²) in [5, 5.41) is 5.69. The topological polar surface area (TPSA) is 76.1 Å². The van der Waals surface area contributed by atoms with Crippen LogP contribution in [0.3, 0.4) is 0 Å². The highest BCUT2D eigenvalue weighted by molar-refractivity contribution is 5.94. The number of fused-ring (bicyclic) bond motifs is 2. The number of carbonyl (C=O) groups excluding carboxylic acids is 1. The van der Waals surface area contributed by atoms with E-state index in [1.54, 1.807) is 4.68 Å². The largest absolute Gasteiger partial charge is 0.489 e. The first-order valence-corrected chi connectivity index (χ1v) is 8.11. The highest BCUT2D eigenvalue weighted by Crippen LogP contribution is 2.39. The van der Waals surface area contributed by atoms with Crippen LogP contribution >= 0.6 is 0 Å². The molecule has 24 heavy (non-hydrogen) atoms. The van der Waals surface area contributed by atoms with Gasteiger partial charge in [0, 0.05) is 23.9 Å².